The lowest BCUT2D eigenvalue weighted by molar-refractivity contribution is -0.0289. The summed E-state index contributed by atoms with van der Waals surface area (Å²) in [5.74, 6) is 1.73. The van der Waals surface area contributed by atoms with E-state index < -0.39 is 24.5 Å². The molecule has 2 fully saturated rings. The zero-order valence-corrected chi connectivity index (χ0v) is 17.0. The summed E-state index contributed by atoms with van der Waals surface area (Å²) in [6, 6.07) is 1.98. The predicted octanol–water partition coefficient (Wildman–Crippen LogP) is 0.735. The summed E-state index contributed by atoms with van der Waals surface area (Å²) in [6.07, 6.45) is 0.313. The standard InChI is InChI=1S/C18H22N6O5S/c1-9-4-12(23-29-9)30-6-11-14(25)15(26)18(28-11)24-8-21-13-16(19-7-20-17(13)24)22-10-2-3-27-5-10/h4,7-8,10-11,14-15,18,25-26H,2-3,5-6H2,1H3,(H,19,20,22)/t10?,11-,14-,15-,18+/m0/s1. The number of rotatable bonds is 6. The maximum absolute atomic E-state index is 10.6. The van der Waals surface area contributed by atoms with Gasteiger partial charge in [0.15, 0.2) is 23.2 Å². The Morgan fingerprint density at radius 3 is 2.93 bits per heavy atom. The number of anilines is 1. The Bertz CT molecular complexity index is 1020. The van der Waals surface area contributed by atoms with Crippen molar-refractivity contribution < 1.29 is 24.2 Å². The maximum atomic E-state index is 10.6. The fraction of sp³-hybridized carbons (Fsp3) is 0.556. The number of imidazole rings is 1. The molecule has 1 unspecified atom stereocenters. The van der Waals surface area contributed by atoms with Gasteiger partial charge in [-0.2, -0.15) is 0 Å². The van der Waals surface area contributed by atoms with Crippen LogP contribution in [0.15, 0.2) is 28.3 Å². The molecule has 0 spiro atoms. The van der Waals surface area contributed by atoms with E-state index in [0.717, 1.165) is 6.42 Å². The topological polar surface area (TPSA) is 141 Å². The van der Waals surface area contributed by atoms with Crippen molar-refractivity contribution in [3.63, 3.8) is 0 Å². The van der Waals surface area contributed by atoms with E-state index >= 15 is 0 Å². The van der Waals surface area contributed by atoms with Crippen molar-refractivity contribution in [2.24, 2.45) is 0 Å². The number of thioether (sulfide) groups is 1. The first-order chi connectivity index (χ1) is 14.6. The van der Waals surface area contributed by atoms with Crippen LogP contribution < -0.4 is 5.32 Å². The molecular formula is C18H22N6O5S. The molecule has 2 aliphatic heterocycles. The van der Waals surface area contributed by atoms with Crippen LogP contribution >= 0.6 is 11.8 Å². The summed E-state index contributed by atoms with van der Waals surface area (Å²) >= 11 is 1.39. The fourth-order valence-corrected chi connectivity index (χ4v) is 4.61. The second-order valence-electron chi connectivity index (χ2n) is 7.38. The minimum atomic E-state index is -1.12. The molecule has 0 bridgehead atoms. The number of hydrogen-bond acceptors (Lipinski definition) is 11. The average Bonchev–Trinajstić information content (AvgIpc) is 3.52. The van der Waals surface area contributed by atoms with Gasteiger partial charge in [0.2, 0.25) is 0 Å². The molecule has 3 N–H and O–H groups in total. The lowest BCUT2D eigenvalue weighted by atomic mass is 10.1. The van der Waals surface area contributed by atoms with Crippen molar-refractivity contribution >= 4 is 28.7 Å². The van der Waals surface area contributed by atoms with Gasteiger partial charge >= 0.3 is 0 Å². The number of fused-ring (bicyclic) bond motifs is 1. The summed E-state index contributed by atoms with van der Waals surface area (Å²) in [6.45, 7) is 3.15. The third kappa shape index (κ3) is 3.65. The summed E-state index contributed by atoms with van der Waals surface area (Å²) < 4.78 is 18.1. The van der Waals surface area contributed by atoms with Crippen molar-refractivity contribution in [2.45, 2.75) is 49.0 Å². The quantitative estimate of drug-likeness (QED) is 0.473. The summed E-state index contributed by atoms with van der Waals surface area (Å²) in [7, 11) is 0. The number of aryl methyl sites for hydroxylation is 1. The number of hydrogen-bond donors (Lipinski definition) is 3. The van der Waals surface area contributed by atoms with Gasteiger partial charge in [-0.15, -0.1) is 11.8 Å². The first kappa shape index (κ1) is 19.7. The molecule has 12 heteroatoms. The Morgan fingerprint density at radius 1 is 1.27 bits per heavy atom. The summed E-state index contributed by atoms with van der Waals surface area (Å²) in [5.41, 5.74) is 1.09. The van der Waals surface area contributed by atoms with E-state index in [2.05, 4.69) is 25.4 Å². The zero-order valence-electron chi connectivity index (χ0n) is 16.2. The molecule has 5 heterocycles. The minimum Gasteiger partial charge on any atom is -0.387 e. The normalized spacial score (nSPS) is 29.1. The van der Waals surface area contributed by atoms with Gasteiger partial charge in [-0.05, 0) is 13.3 Å². The monoisotopic (exact) mass is 434 g/mol. The van der Waals surface area contributed by atoms with Crippen LogP contribution in [-0.2, 0) is 9.47 Å². The van der Waals surface area contributed by atoms with Crippen LogP contribution in [0.4, 0.5) is 5.82 Å². The lowest BCUT2D eigenvalue weighted by Gasteiger charge is -2.17. The van der Waals surface area contributed by atoms with Crippen LogP contribution in [-0.4, -0.2) is 78.2 Å². The van der Waals surface area contributed by atoms with Crippen LogP contribution in [0, 0.1) is 6.92 Å². The molecule has 2 aliphatic rings. The first-order valence-electron chi connectivity index (χ1n) is 9.69. The number of aliphatic hydroxyl groups excluding tert-OH is 2. The van der Waals surface area contributed by atoms with Crippen molar-refractivity contribution in [1.82, 2.24) is 24.7 Å². The Balaban J connectivity index is 1.34. The minimum absolute atomic E-state index is 0.171. The molecule has 0 saturated carbocycles. The Kier molecular flexibility index (Phi) is 5.33. The van der Waals surface area contributed by atoms with Crippen molar-refractivity contribution in [3.8, 4) is 0 Å². The van der Waals surface area contributed by atoms with Crippen molar-refractivity contribution in [2.75, 3.05) is 24.3 Å². The molecule has 0 aliphatic carbocycles. The van der Waals surface area contributed by atoms with Gasteiger partial charge in [-0.3, -0.25) is 4.57 Å². The number of nitrogens with one attached hydrogen (secondary N) is 1. The van der Waals surface area contributed by atoms with Crippen molar-refractivity contribution in [1.29, 1.82) is 0 Å². The average molecular weight is 434 g/mol. The van der Waals surface area contributed by atoms with E-state index in [0.29, 0.717) is 46.7 Å². The van der Waals surface area contributed by atoms with E-state index in [1.807, 2.05) is 13.0 Å². The van der Waals surface area contributed by atoms with Gasteiger partial charge in [-0.25, -0.2) is 15.0 Å². The Morgan fingerprint density at radius 2 is 2.17 bits per heavy atom. The molecule has 5 atom stereocenters. The van der Waals surface area contributed by atoms with Crippen LogP contribution in [0.2, 0.25) is 0 Å². The molecule has 0 aromatic carbocycles. The number of ether oxygens (including phenoxy) is 2. The van der Waals surface area contributed by atoms with Crippen LogP contribution in [0.3, 0.4) is 0 Å². The van der Waals surface area contributed by atoms with Crippen LogP contribution in [0.25, 0.3) is 11.2 Å². The van der Waals surface area contributed by atoms with E-state index in [-0.39, 0.29) is 6.04 Å². The van der Waals surface area contributed by atoms with E-state index in [1.54, 1.807) is 10.9 Å². The third-order valence-corrected chi connectivity index (χ3v) is 6.23. The molecule has 3 aromatic rings. The lowest BCUT2D eigenvalue weighted by Crippen LogP contribution is -2.32. The van der Waals surface area contributed by atoms with E-state index in [1.165, 1.54) is 18.1 Å². The zero-order chi connectivity index (χ0) is 20.7. The second-order valence-corrected chi connectivity index (χ2v) is 8.42. The summed E-state index contributed by atoms with van der Waals surface area (Å²) in [5, 5.41) is 29.1. The number of aliphatic hydroxyl groups is 2. The largest absolute Gasteiger partial charge is 0.387 e. The SMILES string of the molecule is Cc1cc(SC[C@@H]2O[C@@H](n3cnc4c(NC5CCOC5)ncnc43)[C@@H](O)[C@H]2O)no1. The van der Waals surface area contributed by atoms with Gasteiger partial charge in [0.1, 0.15) is 29.3 Å². The molecular weight excluding hydrogens is 412 g/mol. The highest BCUT2D eigenvalue weighted by Gasteiger charge is 2.44. The first-order valence-corrected chi connectivity index (χ1v) is 10.7. The van der Waals surface area contributed by atoms with E-state index in [4.69, 9.17) is 14.0 Å². The predicted molar refractivity (Wildman–Crippen MR) is 106 cm³/mol. The van der Waals surface area contributed by atoms with Crippen LogP contribution in [0.1, 0.15) is 18.4 Å². The third-order valence-electron chi connectivity index (χ3n) is 5.24. The number of nitrogens with zero attached hydrogens (tertiary/aromatic N) is 5. The Hall–Kier alpha value is -2.25. The molecule has 0 amide bonds. The number of aromatic nitrogens is 5. The fourth-order valence-electron chi connectivity index (χ4n) is 3.66. The molecule has 160 valence electrons. The van der Waals surface area contributed by atoms with Crippen molar-refractivity contribution in [3.05, 3.63) is 24.5 Å². The smallest absolute Gasteiger partial charge is 0.167 e. The second kappa shape index (κ2) is 8.12. The maximum Gasteiger partial charge on any atom is 0.167 e. The van der Waals surface area contributed by atoms with Gasteiger partial charge in [-0.1, -0.05) is 5.16 Å². The highest BCUT2D eigenvalue weighted by atomic mass is 32.2. The highest BCUT2D eigenvalue weighted by molar-refractivity contribution is 7.99. The Labute approximate surface area is 175 Å². The van der Waals surface area contributed by atoms with E-state index in [9.17, 15) is 10.2 Å². The molecule has 5 rings (SSSR count). The van der Waals surface area contributed by atoms with Gasteiger partial charge in [0, 0.05) is 18.4 Å². The van der Waals surface area contributed by atoms with Gasteiger partial charge in [0.05, 0.1) is 25.1 Å². The highest BCUT2D eigenvalue weighted by Crippen LogP contribution is 2.34. The molecule has 30 heavy (non-hydrogen) atoms. The van der Waals surface area contributed by atoms with Gasteiger partial charge in [0.25, 0.3) is 0 Å². The molecule has 2 saturated heterocycles. The molecule has 11 nitrogen and oxygen atoms in total. The van der Waals surface area contributed by atoms with Crippen LogP contribution in [0.5, 0.6) is 0 Å². The molecule has 3 aromatic heterocycles. The molecule has 0 radical (unpaired) electrons. The summed E-state index contributed by atoms with van der Waals surface area (Å²) in [4.78, 5) is 13.0. The van der Waals surface area contributed by atoms with Gasteiger partial charge < -0.3 is 29.5 Å².